The molecule has 0 radical (unpaired) electrons. The highest BCUT2D eigenvalue weighted by molar-refractivity contribution is 5.87. The van der Waals surface area contributed by atoms with Gasteiger partial charge in [-0.2, -0.15) is 0 Å². The van der Waals surface area contributed by atoms with Crippen molar-refractivity contribution >= 4 is 11.9 Å². The highest BCUT2D eigenvalue weighted by atomic mass is 16.5. The number of ether oxygens (including phenoxy) is 1. The summed E-state index contributed by atoms with van der Waals surface area (Å²) in [5, 5.41) is 3.37. The van der Waals surface area contributed by atoms with Gasteiger partial charge in [0.15, 0.2) is 5.69 Å². The van der Waals surface area contributed by atoms with Crippen LogP contribution in [0.3, 0.4) is 0 Å². The van der Waals surface area contributed by atoms with Gasteiger partial charge < -0.3 is 14.6 Å². The third-order valence-corrected chi connectivity index (χ3v) is 3.46. The molecule has 0 aromatic carbocycles. The molecule has 0 amide bonds. The highest BCUT2D eigenvalue weighted by Gasteiger charge is 2.27. The van der Waals surface area contributed by atoms with Gasteiger partial charge in [-0.3, -0.25) is 0 Å². The van der Waals surface area contributed by atoms with Gasteiger partial charge in [-0.1, -0.05) is 13.8 Å². The zero-order valence-electron chi connectivity index (χ0n) is 11.3. The molecule has 1 aromatic rings. The molecule has 2 unspecified atom stereocenters. The minimum Gasteiger partial charge on any atom is -0.461 e. The molecule has 1 aliphatic rings. The second-order valence-corrected chi connectivity index (χ2v) is 4.62. The van der Waals surface area contributed by atoms with Gasteiger partial charge in [0.25, 0.3) is 0 Å². The summed E-state index contributed by atoms with van der Waals surface area (Å²) < 4.78 is 7.05. The van der Waals surface area contributed by atoms with E-state index >= 15 is 0 Å². The van der Waals surface area contributed by atoms with Gasteiger partial charge >= 0.3 is 5.97 Å². The molecule has 0 saturated heterocycles. The van der Waals surface area contributed by atoms with E-state index in [9.17, 15) is 4.79 Å². The first-order chi connectivity index (χ1) is 8.69. The third-order valence-electron chi connectivity index (χ3n) is 3.46. The summed E-state index contributed by atoms with van der Waals surface area (Å²) in [4.78, 5) is 16.0. The molecular weight excluding hydrogens is 230 g/mol. The fourth-order valence-corrected chi connectivity index (χ4v) is 2.40. The number of aromatic nitrogens is 2. The monoisotopic (exact) mass is 251 g/mol. The van der Waals surface area contributed by atoms with E-state index in [2.05, 4.69) is 28.7 Å². The number of imidazole rings is 1. The fourth-order valence-electron chi connectivity index (χ4n) is 2.40. The van der Waals surface area contributed by atoms with E-state index < -0.39 is 0 Å². The average Bonchev–Trinajstić information content (AvgIpc) is 2.81. The zero-order chi connectivity index (χ0) is 13.1. The number of fused-ring (bicyclic) bond motifs is 1. The van der Waals surface area contributed by atoms with E-state index in [1.165, 1.54) is 0 Å². The normalized spacial score (nSPS) is 22.2. The summed E-state index contributed by atoms with van der Waals surface area (Å²) in [6.07, 6.45) is 5.00. The van der Waals surface area contributed by atoms with Crippen LogP contribution in [0.2, 0.25) is 0 Å². The van der Waals surface area contributed by atoms with Crippen LogP contribution < -0.4 is 5.32 Å². The summed E-state index contributed by atoms with van der Waals surface area (Å²) in [7, 11) is 0. The van der Waals surface area contributed by atoms with E-state index in [-0.39, 0.29) is 5.97 Å². The van der Waals surface area contributed by atoms with Crippen molar-refractivity contribution in [3.05, 3.63) is 11.9 Å². The number of esters is 1. The Balaban J connectivity index is 2.26. The quantitative estimate of drug-likeness (QED) is 0.836. The minimum absolute atomic E-state index is 0.343. The Morgan fingerprint density at radius 1 is 1.50 bits per heavy atom. The molecule has 2 rings (SSSR count). The van der Waals surface area contributed by atoms with Crippen LogP contribution in [-0.4, -0.2) is 28.2 Å². The average molecular weight is 251 g/mol. The lowest BCUT2D eigenvalue weighted by molar-refractivity contribution is 0.0520. The Bertz CT molecular complexity index is 428. The zero-order valence-corrected chi connectivity index (χ0v) is 11.3. The van der Waals surface area contributed by atoms with Crippen LogP contribution in [0, 0.1) is 0 Å². The van der Waals surface area contributed by atoms with Crippen LogP contribution in [-0.2, 0) is 4.74 Å². The van der Waals surface area contributed by atoms with Crippen molar-refractivity contribution < 1.29 is 9.53 Å². The van der Waals surface area contributed by atoms with Gasteiger partial charge in [0.2, 0.25) is 5.95 Å². The molecule has 5 heteroatoms. The smallest absolute Gasteiger partial charge is 0.358 e. The lowest BCUT2D eigenvalue weighted by Gasteiger charge is -2.31. The first-order valence-corrected chi connectivity index (χ1v) is 6.72. The number of hydrogen-bond acceptors (Lipinski definition) is 4. The number of anilines is 1. The topological polar surface area (TPSA) is 56.2 Å². The van der Waals surface area contributed by atoms with Gasteiger partial charge in [0, 0.05) is 18.3 Å². The molecule has 1 aliphatic heterocycles. The Hall–Kier alpha value is -1.52. The fraction of sp³-hybridized carbons (Fsp3) is 0.692. The van der Waals surface area contributed by atoms with Gasteiger partial charge in [0.1, 0.15) is 0 Å². The number of hydrogen-bond donors (Lipinski definition) is 1. The molecule has 2 atom stereocenters. The standard InChI is InChI=1S/C13H21N3O2/c1-4-9-7-10(5-2)16-8-11(12(17)18-6-3)15-13(16)14-9/h8-10H,4-7H2,1-3H3,(H,14,15). The molecule has 0 aliphatic carbocycles. The van der Waals surface area contributed by atoms with Crippen LogP contribution in [0.5, 0.6) is 0 Å². The van der Waals surface area contributed by atoms with Gasteiger partial charge in [-0.05, 0) is 26.2 Å². The lowest BCUT2D eigenvalue weighted by atomic mass is 10.0. The molecule has 1 N–H and O–H groups in total. The van der Waals surface area contributed by atoms with Crippen molar-refractivity contribution in [3.63, 3.8) is 0 Å². The van der Waals surface area contributed by atoms with Crippen molar-refractivity contribution in [1.29, 1.82) is 0 Å². The predicted molar refractivity (Wildman–Crippen MR) is 69.8 cm³/mol. The molecule has 18 heavy (non-hydrogen) atoms. The van der Waals surface area contributed by atoms with Crippen LogP contribution in [0.1, 0.15) is 56.6 Å². The molecule has 1 aromatic heterocycles. The lowest BCUT2D eigenvalue weighted by Crippen LogP contribution is -2.31. The highest BCUT2D eigenvalue weighted by Crippen LogP contribution is 2.30. The van der Waals surface area contributed by atoms with E-state index in [0.29, 0.717) is 24.4 Å². The van der Waals surface area contributed by atoms with Gasteiger partial charge in [-0.25, -0.2) is 9.78 Å². The molecule has 0 bridgehead atoms. The Labute approximate surface area is 108 Å². The maximum absolute atomic E-state index is 11.7. The minimum atomic E-state index is -0.343. The van der Waals surface area contributed by atoms with Gasteiger partial charge in [-0.15, -0.1) is 0 Å². The predicted octanol–water partition coefficient (Wildman–Crippen LogP) is 2.61. The van der Waals surface area contributed by atoms with E-state index in [1.54, 1.807) is 13.1 Å². The molecule has 2 heterocycles. The number of carbonyl (C=O) groups excluding carboxylic acids is 1. The summed E-state index contributed by atoms with van der Waals surface area (Å²) in [5.41, 5.74) is 0.398. The van der Waals surface area contributed by atoms with Crippen LogP contribution >= 0.6 is 0 Å². The van der Waals surface area contributed by atoms with Crippen molar-refractivity contribution in [1.82, 2.24) is 9.55 Å². The third kappa shape index (κ3) is 2.35. The van der Waals surface area contributed by atoms with Crippen LogP contribution in [0.25, 0.3) is 0 Å². The Morgan fingerprint density at radius 3 is 2.89 bits per heavy atom. The number of nitrogens with zero attached hydrogens (tertiary/aromatic N) is 2. The summed E-state index contributed by atoms with van der Waals surface area (Å²) in [6.45, 7) is 6.50. The molecule has 0 saturated carbocycles. The molecule has 100 valence electrons. The van der Waals surface area contributed by atoms with Crippen molar-refractivity contribution in [2.75, 3.05) is 11.9 Å². The molecule has 0 spiro atoms. The van der Waals surface area contributed by atoms with Crippen molar-refractivity contribution in [2.24, 2.45) is 0 Å². The van der Waals surface area contributed by atoms with E-state index in [4.69, 9.17) is 4.74 Å². The van der Waals surface area contributed by atoms with Crippen LogP contribution in [0.15, 0.2) is 6.20 Å². The molecule has 0 fully saturated rings. The maximum atomic E-state index is 11.7. The Morgan fingerprint density at radius 2 is 2.28 bits per heavy atom. The Kier molecular flexibility index (Phi) is 3.89. The van der Waals surface area contributed by atoms with Crippen molar-refractivity contribution in [2.45, 2.75) is 52.1 Å². The summed E-state index contributed by atoms with van der Waals surface area (Å²) in [5.74, 6) is 0.451. The second kappa shape index (κ2) is 5.42. The summed E-state index contributed by atoms with van der Waals surface area (Å²) in [6, 6.07) is 0.863. The second-order valence-electron chi connectivity index (χ2n) is 4.62. The molecular formula is C13H21N3O2. The van der Waals surface area contributed by atoms with E-state index in [1.807, 2.05) is 0 Å². The first kappa shape index (κ1) is 12.9. The first-order valence-electron chi connectivity index (χ1n) is 6.72. The summed E-state index contributed by atoms with van der Waals surface area (Å²) >= 11 is 0. The number of nitrogens with one attached hydrogen (secondary N) is 1. The SMILES string of the molecule is CCOC(=O)c1cn2c(n1)NC(CC)CC2CC. The number of carbonyl (C=O) groups is 1. The largest absolute Gasteiger partial charge is 0.461 e. The van der Waals surface area contributed by atoms with E-state index in [0.717, 1.165) is 25.2 Å². The van der Waals surface area contributed by atoms with Crippen LogP contribution in [0.4, 0.5) is 5.95 Å². The maximum Gasteiger partial charge on any atom is 0.358 e. The van der Waals surface area contributed by atoms with Crippen molar-refractivity contribution in [3.8, 4) is 0 Å². The van der Waals surface area contributed by atoms with Gasteiger partial charge in [0.05, 0.1) is 6.61 Å². The number of rotatable bonds is 4. The molecule has 5 nitrogen and oxygen atoms in total.